The lowest BCUT2D eigenvalue weighted by Gasteiger charge is -2.28. The van der Waals surface area contributed by atoms with Crippen molar-refractivity contribution < 1.29 is 22.4 Å². The maximum absolute atomic E-state index is 13.2. The fraction of sp³-hybridized carbons (Fsp3) is 0.389. The van der Waals surface area contributed by atoms with Gasteiger partial charge in [0.15, 0.2) is 15.6 Å². The Morgan fingerprint density at radius 2 is 2.04 bits per heavy atom. The van der Waals surface area contributed by atoms with E-state index in [-0.39, 0.29) is 39.6 Å². The molecule has 1 aliphatic heterocycles. The molecule has 0 saturated carbocycles. The summed E-state index contributed by atoms with van der Waals surface area (Å²) in [6.07, 6.45) is 1.89. The van der Waals surface area contributed by atoms with E-state index >= 15 is 0 Å². The number of sulfone groups is 1. The van der Waals surface area contributed by atoms with Gasteiger partial charge in [-0.1, -0.05) is 23.2 Å². The Morgan fingerprint density at radius 3 is 2.56 bits per heavy atom. The Hall–Kier alpha value is -1.70. The molecule has 6 nitrogen and oxygen atoms in total. The molecule has 0 N–H and O–H groups in total. The van der Waals surface area contributed by atoms with Gasteiger partial charge < -0.3 is 14.1 Å². The molecular weight excluding hydrogens is 413 g/mol. The van der Waals surface area contributed by atoms with Crippen molar-refractivity contribution in [2.45, 2.75) is 25.9 Å². The van der Waals surface area contributed by atoms with E-state index in [2.05, 4.69) is 0 Å². The van der Waals surface area contributed by atoms with Crippen LogP contribution < -0.4 is 4.74 Å². The summed E-state index contributed by atoms with van der Waals surface area (Å²) < 4.78 is 34.6. The lowest BCUT2D eigenvalue weighted by atomic mass is 10.1. The molecule has 2 heterocycles. The van der Waals surface area contributed by atoms with Gasteiger partial charge in [-0.05, 0) is 37.6 Å². The van der Waals surface area contributed by atoms with Crippen molar-refractivity contribution in [3.63, 3.8) is 0 Å². The van der Waals surface area contributed by atoms with Gasteiger partial charge in [0.1, 0.15) is 5.76 Å². The fourth-order valence-corrected chi connectivity index (χ4v) is 5.42. The highest BCUT2D eigenvalue weighted by Crippen LogP contribution is 2.35. The van der Waals surface area contributed by atoms with Crippen LogP contribution in [0.25, 0.3) is 0 Å². The number of carbonyl (C=O) groups excluding carboxylic acids is 1. The van der Waals surface area contributed by atoms with E-state index in [0.717, 1.165) is 0 Å². The number of hydrogen-bond acceptors (Lipinski definition) is 5. The maximum atomic E-state index is 13.2. The van der Waals surface area contributed by atoms with Gasteiger partial charge >= 0.3 is 0 Å². The van der Waals surface area contributed by atoms with Crippen molar-refractivity contribution in [1.29, 1.82) is 0 Å². The fourth-order valence-electron chi connectivity index (χ4n) is 3.09. The van der Waals surface area contributed by atoms with E-state index < -0.39 is 15.9 Å². The monoisotopic (exact) mass is 431 g/mol. The molecule has 1 amide bonds. The minimum atomic E-state index is -3.16. The number of nitrogens with zero attached hydrogens (tertiary/aromatic N) is 1. The van der Waals surface area contributed by atoms with Crippen molar-refractivity contribution in [3.8, 4) is 5.75 Å². The molecule has 1 atom stereocenters. The third-order valence-electron chi connectivity index (χ3n) is 4.35. The van der Waals surface area contributed by atoms with Crippen LogP contribution in [0, 0.1) is 0 Å². The molecule has 0 aliphatic carbocycles. The molecule has 0 spiro atoms. The lowest BCUT2D eigenvalue weighted by molar-refractivity contribution is 0.0666. The van der Waals surface area contributed by atoms with Crippen LogP contribution in [0.2, 0.25) is 10.0 Å². The minimum absolute atomic E-state index is 0.0599. The van der Waals surface area contributed by atoms with Crippen LogP contribution in [0.4, 0.5) is 0 Å². The maximum Gasteiger partial charge on any atom is 0.254 e. The van der Waals surface area contributed by atoms with Crippen molar-refractivity contribution in [2.24, 2.45) is 0 Å². The molecule has 146 valence electrons. The predicted octanol–water partition coefficient (Wildman–Crippen LogP) is 3.81. The molecule has 0 bridgehead atoms. The Balaban J connectivity index is 1.93. The van der Waals surface area contributed by atoms with Gasteiger partial charge in [0.2, 0.25) is 0 Å². The topological polar surface area (TPSA) is 76.8 Å². The third-order valence-corrected chi connectivity index (χ3v) is 6.66. The molecule has 27 heavy (non-hydrogen) atoms. The van der Waals surface area contributed by atoms with E-state index in [4.69, 9.17) is 32.4 Å². The normalized spacial score (nSPS) is 18.4. The summed E-state index contributed by atoms with van der Waals surface area (Å²) in [5, 5.41) is 0.453. The summed E-state index contributed by atoms with van der Waals surface area (Å²) in [4.78, 5) is 14.7. The standard InChI is InChI=1S/C18H19Cl2NO5S/c1-2-25-17-15(19)8-12(9-16(17)20)18(22)21(10-14-4-3-6-26-14)13-5-7-27(23,24)11-13/h3-4,6,8-9,13H,2,5,7,10-11H2,1H3. The van der Waals surface area contributed by atoms with Crippen LogP contribution in [0.1, 0.15) is 29.5 Å². The van der Waals surface area contributed by atoms with Crippen molar-refractivity contribution >= 4 is 38.9 Å². The molecule has 1 unspecified atom stereocenters. The smallest absolute Gasteiger partial charge is 0.254 e. The lowest BCUT2D eigenvalue weighted by Crippen LogP contribution is -2.40. The average Bonchev–Trinajstić information content (AvgIpc) is 3.24. The largest absolute Gasteiger partial charge is 0.491 e. The Kier molecular flexibility index (Phi) is 6.03. The summed E-state index contributed by atoms with van der Waals surface area (Å²) in [5.74, 6) is 0.511. The zero-order valence-corrected chi connectivity index (χ0v) is 17.0. The van der Waals surface area contributed by atoms with Crippen LogP contribution in [-0.2, 0) is 16.4 Å². The Bertz CT molecular complexity index is 904. The number of halogens is 2. The third kappa shape index (κ3) is 4.59. The van der Waals surface area contributed by atoms with Crippen molar-refractivity contribution in [3.05, 3.63) is 51.9 Å². The molecule has 3 rings (SSSR count). The highest BCUT2D eigenvalue weighted by molar-refractivity contribution is 7.91. The van der Waals surface area contributed by atoms with E-state index in [1.165, 1.54) is 23.3 Å². The van der Waals surface area contributed by atoms with Gasteiger partial charge in [0, 0.05) is 11.6 Å². The number of amides is 1. The van der Waals surface area contributed by atoms with Crippen LogP contribution in [0.5, 0.6) is 5.75 Å². The van der Waals surface area contributed by atoms with Gasteiger partial charge in [-0.3, -0.25) is 4.79 Å². The second kappa shape index (κ2) is 8.12. The number of rotatable bonds is 6. The number of hydrogen-bond donors (Lipinski definition) is 0. The van der Waals surface area contributed by atoms with E-state index in [1.807, 2.05) is 0 Å². The van der Waals surface area contributed by atoms with Crippen molar-refractivity contribution in [2.75, 3.05) is 18.1 Å². The number of carbonyl (C=O) groups is 1. The minimum Gasteiger partial charge on any atom is -0.491 e. The zero-order chi connectivity index (χ0) is 19.6. The first-order valence-electron chi connectivity index (χ1n) is 8.46. The van der Waals surface area contributed by atoms with E-state index in [1.54, 1.807) is 19.1 Å². The average molecular weight is 432 g/mol. The molecule has 1 aromatic heterocycles. The number of benzene rings is 1. The van der Waals surface area contributed by atoms with Crippen LogP contribution in [0.15, 0.2) is 34.9 Å². The van der Waals surface area contributed by atoms with E-state index in [9.17, 15) is 13.2 Å². The number of furan rings is 1. The zero-order valence-electron chi connectivity index (χ0n) is 14.7. The summed E-state index contributed by atoms with van der Waals surface area (Å²) in [6, 6.07) is 5.99. The molecular formula is C18H19Cl2NO5S. The first-order chi connectivity index (χ1) is 12.8. The molecule has 1 fully saturated rings. The molecule has 2 aromatic rings. The summed E-state index contributed by atoms with van der Waals surface area (Å²) in [5.41, 5.74) is 0.268. The molecule has 9 heteroatoms. The molecule has 1 saturated heterocycles. The molecule has 1 aromatic carbocycles. The van der Waals surface area contributed by atoms with Crippen LogP contribution in [0.3, 0.4) is 0 Å². The Morgan fingerprint density at radius 1 is 1.33 bits per heavy atom. The summed E-state index contributed by atoms with van der Waals surface area (Å²) in [7, 11) is -3.16. The van der Waals surface area contributed by atoms with Gasteiger partial charge in [-0.15, -0.1) is 0 Å². The molecule has 1 aliphatic rings. The van der Waals surface area contributed by atoms with Crippen LogP contribution in [-0.4, -0.2) is 43.4 Å². The van der Waals surface area contributed by atoms with Gasteiger partial charge in [-0.25, -0.2) is 8.42 Å². The van der Waals surface area contributed by atoms with E-state index in [0.29, 0.717) is 24.5 Å². The quantitative estimate of drug-likeness (QED) is 0.694. The summed E-state index contributed by atoms with van der Waals surface area (Å²) >= 11 is 12.4. The van der Waals surface area contributed by atoms with Crippen LogP contribution >= 0.6 is 23.2 Å². The highest BCUT2D eigenvalue weighted by atomic mass is 35.5. The van der Waals surface area contributed by atoms with Gasteiger partial charge in [-0.2, -0.15) is 0 Å². The second-order valence-electron chi connectivity index (χ2n) is 6.27. The van der Waals surface area contributed by atoms with Gasteiger partial charge in [0.25, 0.3) is 5.91 Å². The van der Waals surface area contributed by atoms with Gasteiger partial charge in [0.05, 0.1) is 41.0 Å². The summed E-state index contributed by atoms with van der Waals surface area (Å²) in [6.45, 7) is 2.35. The highest BCUT2D eigenvalue weighted by Gasteiger charge is 2.35. The van der Waals surface area contributed by atoms with Crippen molar-refractivity contribution in [1.82, 2.24) is 4.90 Å². The first-order valence-corrected chi connectivity index (χ1v) is 11.0. The predicted molar refractivity (Wildman–Crippen MR) is 103 cm³/mol. The molecule has 0 radical (unpaired) electrons. The first kappa shape index (κ1) is 20.0. The SMILES string of the molecule is CCOc1c(Cl)cc(C(=O)N(Cc2ccco2)C2CCS(=O)(=O)C2)cc1Cl. The number of ether oxygens (including phenoxy) is 1. The Labute approximate surface area is 167 Å². The second-order valence-corrected chi connectivity index (χ2v) is 9.31.